The van der Waals surface area contributed by atoms with E-state index in [0.717, 1.165) is 62.6 Å². The van der Waals surface area contributed by atoms with Crippen LogP contribution in [0.15, 0.2) is 18.2 Å². The second kappa shape index (κ2) is 7.73. The highest BCUT2D eigenvalue weighted by Crippen LogP contribution is 2.29. The van der Waals surface area contributed by atoms with Gasteiger partial charge in [-0.25, -0.2) is 9.37 Å². The summed E-state index contributed by atoms with van der Waals surface area (Å²) >= 11 is 0. The molecule has 26 heavy (non-hydrogen) atoms. The minimum atomic E-state index is -0.247. The topological polar surface area (TPSA) is 70.3 Å². The minimum absolute atomic E-state index is 0. The van der Waals surface area contributed by atoms with Gasteiger partial charge < -0.3 is 20.9 Å². The maximum atomic E-state index is 14.7. The molecule has 3 heterocycles. The molecule has 0 amide bonds. The highest BCUT2D eigenvalue weighted by atomic mass is 35.5. The first-order valence-corrected chi connectivity index (χ1v) is 8.70. The highest BCUT2D eigenvalue weighted by molar-refractivity contribution is 5.85. The summed E-state index contributed by atoms with van der Waals surface area (Å²) < 4.78 is 14.7. The number of hydrogen-bond donors (Lipinski definition) is 2. The number of likely N-dealkylation sites (N-methyl/N-ethyl adjacent to an activating group) is 1. The van der Waals surface area contributed by atoms with E-state index in [0.29, 0.717) is 11.3 Å². The average Bonchev–Trinajstić information content (AvgIpc) is 2.61. The second-order valence-corrected chi connectivity index (χ2v) is 6.79. The number of piperazine rings is 1. The van der Waals surface area contributed by atoms with Crippen LogP contribution >= 0.6 is 12.4 Å². The number of hydrogen-bond acceptors (Lipinski definition) is 6. The molecule has 0 aliphatic carbocycles. The lowest BCUT2D eigenvalue weighted by Gasteiger charge is -2.33. The Kier molecular flexibility index (Phi) is 5.60. The van der Waals surface area contributed by atoms with E-state index in [1.807, 2.05) is 12.1 Å². The van der Waals surface area contributed by atoms with Gasteiger partial charge in [0.2, 0.25) is 5.95 Å². The van der Waals surface area contributed by atoms with Crippen LogP contribution in [0.1, 0.15) is 11.1 Å². The third kappa shape index (κ3) is 3.75. The molecule has 4 rings (SSSR count). The van der Waals surface area contributed by atoms with Gasteiger partial charge in [0.1, 0.15) is 11.6 Å². The lowest BCUT2D eigenvalue weighted by Crippen LogP contribution is -2.44. The molecule has 1 fully saturated rings. The van der Waals surface area contributed by atoms with Gasteiger partial charge in [0, 0.05) is 44.4 Å². The molecule has 0 atom stereocenters. The summed E-state index contributed by atoms with van der Waals surface area (Å²) in [7, 11) is 2.10. The van der Waals surface area contributed by atoms with Crippen molar-refractivity contribution in [3.05, 3.63) is 35.1 Å². The number of aromatic nitrogens is 2. The van der Waals surface area contributed by atoms with Crippen molar-refractivity contribution in [1.82, 2.24) is 20.2 Å². The number of nitrogen functional groups attached to an aromatic ring is 1. The van der Waals surface area contributed by atoms with Crippen LogP contribution in [0.2, 0.25) is 0 Å². The van der Waals surface area contributed by atoms with Crippen molar-refractivity contribution in [3.63, 3.8) is 0 Å². The molecule has 6 nitrogen and oxygen atoms in total. The van der Waals surface area contributed by atoms with Crippen LogP contribution in [0, 0.1) is 5.82 Å². The van der Waals surface area contributed by atoms with Gasteiger partial charge in [-0.3, -0.25) is 0 Å². The molecule has 1 aromatic heterocycles. The molecular formula is C18H24ClFN6. The van der Waals surface area contributed by atoms with Gasteiger partial charge >= 0.3 is 0 Å². The average molecular weight is 379 g/mol. The fourth-order valence-electron chi connectivity index (χ4n) is 3.49. The second-order valence-electron chi connectivity index (χ2n) is 6.79. The molecule has 0 spiro atoms. The van der Waals surface area contributed by atoms with Gasteiger partial charge in [-0.05, 0) is 43.3 Å². The van der Waals surface area contributed by atoms with E-state index in [2.05, 4.69) is 32.1 Å². The van der Waals surface area contributed by atoms with Crippen LogP contribution in [0.3, 0.4) is 0 Å². The molecule has 2 aliphatic rings. The zero-order valence-electron chi connectivity index (χ0n) is 14.8. The van der Waals surface area contributed by atoms with Crippen molar-refractivity contribution < 1.29 is 4.39 Å². The maximum absolute atomic E-state index is 14.7. The Bertz CT molecular complexity index is 791. The number of nitrogens with two attached hydrogens (primary N) is 1. The predicted molar refractivity (Wildman–Crippen MR) is 104 cm³/mol. The van der Waals surface area contributed by atoms with Gasteiger partial charge in [-0.1, -0.05) is 0 Å². The van der Waals surface area contributed by atoms with Crippen molar-refractivity contribution in [2.24, 2.45) is 0 Å². The Balaban J connectivity index is 0.00000196. The molecule has 140 valence electrons. The number of anilines is 2. The summed E-state index contributed by atoms with van der Waals surface area (Å²) in [6.07, 6.45) is 0.852. The van der Waals surface area contributed by atoms with Crippen LogP contribution in [0.4, 0.5) is 16.2 Å². The van der Waals surface area contributed by atoms with Crippen molar-refractivity contribution >= 4 is 24.2 Å². The molecule has 8 heteroatoms. The number of nitrogens with one attached hydrogen (secondary N) is 1. The van der Waals surface area contributed by atoms with E-state index >= 15 is 0 Å². The summed E-state index contributed by atoms with van der Waals surface area (Å²) in [5, 5.41) is 3.32. The molecular weight excluding hydrogens is 355 g/mol. The zero-order chi connectivity index (χ0) is 17.4. The van der Waals surface area contributed by atoms with Crippen molar-refractivity contribution in [2.45, 2.75) is 13.0 Å². The zero-order valence-corrected chi connectivity index (χ0v) is 15.7. The Morgan fingerprint density at radius 1 is 1.08 bits per heavy atom. The maximum Gasteiger partial charge on any atom is 0.222 e. The Hall–Kier alpha value is -1.96. The van der Waals surface area contributed by atoms with Crippen molar-refractivity contribution in [2.75, 3.05) is 50.4 Å². The smallest absolute Gasteiger partial charge is 0.222 e. The molecule has 2 aliphatic heterocycles. The molecule has 3 N–H and O–H groups in total. The van der Waals surface area contributed by atoms with Gasteiger partial charge in [0.05, 0.1) is 5.69 Å². The number of benzene rings is 1. The van der Waals surface area contributed by atoms with Crippen LogP contribution in [0.25, 0.3) is 11.3 Å². The first-order valence-electron chi connectivity index (χ1n) is 8.70. The fourth-order valence-corrected chi connectivity index (χ4v) is 3.49. The molecule has 2 aromatic rings. The SMILES string of the molecule is CN1CCN(c2cc(-c3cc4c(cc3F)CCNC4)nc(N)n2)CC1.Cl. The molecule has 0 bridgehead atoms. The van der Waals surface area contributed by atoms with E-state index in [4.69, 9.17) is 5.73 Å². The van der Waals surface area contributed by atoms with Crippen molar-refractivity contribution in [1.29, 1.82) is 0 Å². The van der Waals surface area contributed by atoms with Crippen LogP contribution in [0.5, 0.6) is 0 Å². The molecule has 1 saturated heterocycles. The van der Waals surface area contributed by atoms with E-state index in [-0.39, 0.29) is 24.2 Å². The monoisotopic (exact) mass is 378 g/mol. The Morgan fingerprint density at radius 2 is 1.85 bits per heavy atom. The normalized spacial score (nSPS) is 17.5. The number of nitrogens with zero attached hydrogens (tertiary/aromatic N) is 4. The van der Waals surface area contributed by atoms with Gasteiger partial charge in [0.15, 0.2) is 0 Å². The first kappa shape index (κ1) is 18.8. The predicted octanol–water partition coefficient (Wildman–Crippen LogP) is 1.68. The van der Waals surface area contributed by atoms with Crippen LogP contribution in [-0.2, 0) is 13.0 Å². The van der Waals surface area contributed by atoms with Gasteiger partial charge in [-0.15, -0.1) is 12.4 Å². The Morgan fingerprint density at radius 3 is 2.62 bits per heavy atom. The van der Waals surface area contributed by atoms with Crippen LogP contribution < -0.4 is 16.0 Å². The quantitative estimate of drug-likeness (QED) is 0.828. The van der Waals surface area contributed by atoms with Gasteiger partial charge in [0.25, 0.3) is 0 Å². The summed E-state index contributed by atoms with van der Waals surface area (Å²) in [4.78, 5) is 13.1. The number of rotatable bonds is 2. The molecule has 0 unspecified atom stereocenters. The first-order chi connectivity index (χ1) is 12.1. The number of fused-ring (bicyclic) bond motifs is 1. The summed E-state index contributed by atoms with van der Waals surface area (Å²) in [6.45, 7) is 5.34. The third-order valence-corrected chi connectivity index (χ3v) is 5.01. The van der Waals surface area contributed by atoms with Crippen molar-refractivity contribution in [3.8, 4) is 11.3 Å². The summed E-state index contributed by atoms with van der Waals surface area (Å²) in [5.41, 5.74) is 9.16. The Labute approximate surface area is 159 Å². The highest BCUT2D eigenvalue weighted by Gasteiger charge is 2.19. The molecule has 1 aromatic carbocycles. The third-order valence-electron chi connectivity index (χ3n) is 5.01. The van der Waals surface area contributed by atoms with E-state index < -0.39 is 0 Å². The summed E-state index contributed by atoms with van der Waals surface area (Å²) in [6, 6.07) is 5.38. The van der Waals surface area contributed by atoms with Gasteiger partial charge in [-0.2, -0.15) is 4.98 Å². The lowest BCUT2D eigenvalue weighted by atomic mass is 9.96. The summed E-state index contributed by atoms with van der Waals surface area (Å²) in [5.74, 6) is 0.704. The largest absolute Gasteiger partial charge is 0.368 e. The van der Waals surface area contributed by atoms with E-state index in [1.165, 1.54) is 0 Å². The number of halogens is 2. The van der Waals surface area contributed by atoms with E-state index in [1.54, 1.807) is 6.07 Å². The minimum Gasteiger partial charge on any atom is -0.368 e. The van der Waals surface area contributed by atoms with E-state index in [9.17, 15) is 4.39 Å². The standard InChI is InChI=1S/C18H23FN6.ClH/c1-24-4-6-25(7-5-24)17-10-16(22-18(20)23-17)14-8-13-11-21-3-2-12(13)9-15(14)19;/h8-10,21H,2-7,11H2,1H3,(H2,20,22,23);1H. The molecule has 0 saturated carbocycles. The molecule has 0 radical (unpaired) electrons. The van der Waals surface area contributed by atoms with Crippen LogP contribution in [-0.4, -0.2) is 54.6 Å². The lowest BCUT2D eigenvalue weighted by molar-refractivity contribution is 0.312. The fraction of sp³-hybridized carbons (Fsp3) is 0.444.